The van der Waals surface area contributed by atoms with E-state index in [1.54, 1.807) is 18.2 Å². The molecular weight excluding hydrogens is 230 g/mol. The van der Waals surface area contributed by atoms with Gasteiger partial charge in [0.25, 0.3) is 5.69 Å². The Kier molecular flexibility index (Phi) is 5.57. The van der Waals surface area contributed by atoms with E-state index in [9.17, 15) is 10.1 Å². The van der Waals surface area contributed by atoms with Gasteiger partial charge in [-0.1, -0.05) is 12.1 Å². The number of rotatable bonds is 6. The Bertz CT molecular complexity index is 331. The van der Waals surface area contributed by atoms with Crippen LogP contribution in [0.15, 0.2) is 29.2 Å². The predicted molar refractivity (Wildman–Crippen MR) is 66.9 cm³/mol. The molecule has 0 radical (unpaired) electrons. The Balaban J connectivity index is 2.56. The maximum atomic E-state index is 10.7. The van der Waals surface area contributed by atoms with Crippen molar-refractivity contribution in [1.29, 1.82) is 0 Å². The third-order valence-corrected chi connectivity index (χ3v) is 3.34. The van der Waals surface area contributed by atoms with Crippen LogP contribution in [0.2, 0.25) is 0 Å². The van der Waals surface area contributed by atoms with E-state index in [1.165, 1.54) is 11.8 Å². The maximum absolute atomic E-state index is 10.7. The van der Waals surface area contributed by atoms with Crippen LogP contribution in [0.1, 0.15) is 12.8 Å². The van der Waals surface area contributed by atoms with Gasteiger partial charge in [-0.05, 0) is 30.4 Å². The Morgan fingerprint density at radius 3 is 2.73 bits per heavy atom. The zero-order valence-corrected chi connectivity index (χ0v) is 9.97. The number of thiol groups is 1. The van der Waals surface area contributed by atoms with Crippen LogP contribution in [-0.4, -0.2) is 16.4 Å². The van der Waals surface area contributed by atoms with Gasteiger partial charge in [-0.25, -0.2) is 0 Å². The van der Waals surface area contributed by atoms with E-state index in [2.05, 4.69) is 12.6 Å². The average molecular weight is 243 g/mol. The largest absolute Gasteiger partial charge is 0.282 e. The molecule has 0 atom stereocenters. The van der Waals surface area contributed by atoms with Crippen LogP contribution in [0.5, 0.6) is 0 Å². The zero-order chi connectivity index (χ0) is 11.1. The van der Waals surface area contributed by atoms with Crippen molar-refractivity contribution in [3.63, 3.8) is 0 Å². The van der Waals surface area contributed by atoms with Gasteiger partial charge in [0.2, 0.25) is 0 Å². The zero-order valence-electron chi connectivity index (χ0n) is 8.26. The third-order valence-electron chi connectivity index (χ3n) is 1.87. The van der Waals surface area contributed by atoms with Gasteiger partial charge in [-0.2, -0.15) is 12.6 Å². The van der Waals surface area contributed by atoms with Crippen LogP contribution >= 0.6 is 24.4 Å². The first-order valence-corrected chi connectivity index (χ1v) is 6.34. The summed E-state index contributed by atoms with van der Waals surface area (Å²) in [5, 5.41) is 10.7. The van der Waals surface area contributed by atoms with Gasteiger partial charge >= 0.3 is 0 Å². The Morgan fingerprint density at radius 1 is 1.33 bits per heavy atom. The molecule has 5 heteroatoms. The molecule has 1 rings (SSSR count). The molecule has 0 aliphatic carbocycles. The normalized spacial score (nSPS) is 10.2. The van der Waals surface area contributed by atoms with Crippen molar-refractivity contribution in [2.45, 2.75) is 17.7 Å². The maximum Gasteiger partial charge on any atom is 0.282 e. The average Bonchev–Trinajstić information content (AvgIpc) is 2.25. The molecule has 0 saturated carbocycles. The molecule has 0 saturated heterocycles. The van der Waals surface area contributed by atoms with Crippen molar-refractivity contribution in [2.24, 2.45) is 0 Å². The standard InChI is InChI=1S/C10H13NO2S2/c12-11(13)9-5-1-2-6-10(9)15-8-4-3-7-14/h1-2,5-6,14H,3-4,7-8H2. The number of nitro benzene ring substituents is 1. The minimum atomic E-state index is -0.332. The summed E-state index contributed by atoms with van der Waals surface area (Å²) in [6.45, 7) is 0. The topological polar surface area (TPSA) is 43.1 Å². The first-order chi connectivity index (χ1) is 7.25. The van der Waals surface area contributed by atoms with E-state index in [1.807, 2.05) is 6.07 Å². The number of para-hydroxylation sites is 1. The van der Waals surface area contributed by atoms with E-state index in [4.69, 9.17) is 0 Å². The Hall–Kier alpha value is -0.680. The molecule has 0 N–H and O–H groups in total. The number of thioether (sulfide) groups is 1. The van der Waals surface area contributed by atoms with Crippen LogP contribution in [0.4, 0.5) is 5.69 Å². The summed E-state index contributed by atoms with van der Waals surface area (Å²) in [6, 6.07) is 6.86. The molecule has 0 heterocycles. The molecule has 3 nitrogen and oxygen atoms in total. The van der Waals surface area contributed by atoms with Crippen molar-refractivity contribution in [3.05, 3.63) is 34.4 Å². The molecule has 0 aromatic heterocycles. The fourth-order valence-corrected chi connectivity index (χ4v) is 2.38. The van der Waals surface area contributed by atoms with Crippen LogP contribution in [0.25, 0.3) is 0 Å². The summed E-state index contributed by atoms with van der Waals surface area (Å²) < 4.78 is 0. The van der Waals surface area contributed by atoms with Gasteiger partial charge in [0.05, 0.1) is 9.82 Å². The second-order valence-electron chi connectivity index (χ2n) is 3.00. The fraction of sp³-hybridized carbons (Fsp3) is 0.400. The van der Waals surface area contributed by atoms with Gasteiger partial charge < -0.3 is 0 Å². The second kappa shape index (κ2) is 6.74. The molecule has 0 aliphatic heterocycles. The molecule has 15 heavy (non-hydrogen) atoms. The van der Waals surface area contributed by atoms with E-state index < -0.39 is 0 Å². The first kappa shape index (κ1) is 12.4. The summed E-state index contributed by atoms with van der Waals surface area (Å²) in [5.41, 5.74) is 0.202. The number of hydrogen-bond acceptors (Lipinski definition) is 4. The summed E-state index contributed by atoms with van der Waals surface area (Å²) in [5.74, 6) is 1.78. The molecule has 0 spiro atoms. The lowest BCUT2D eigenvalue weighted by Gasteiger charge is -2.01. The molecular formula is C10H13NO2S2. The Morgan fingerprint density at radius 2 is 2.07 bits per heavy atom. The van der Waals surface area contributed by atoms with Gasteiger partial charge in [0, 0.05) is 6.07 Å². The van der Waals surface area contributed by atoms with Crippen molar-refractivity contribution >= 4 is 30.1 Å². The molecule has 82 valence electrons. The van der Waals surface area contributed by atoms with Crippen LogP contribution in [0, 0.1) is 10.1 Å². The molecule has 0 fully saturated rings. The highest BCUT2D eigenvalue weighted by atomic mass is 32.2. The summed E-state index contributed by atoms with van der Waals surface area (Å²) >= 11 is 5.66. The quantitative estimate of drug-likeness (QED) is 0.274. The molecule has 0 bridgehead atoms. The minimum Gasteiger partial charge on any atom is -0.258 e. The number of nitro groups is 1. The molecule has 1 aromatic rings. The van der Waals surface area contributed by atoms with Gasteiger partial charge in [0.15, 0.2) is 0 Å². The predicted octanol–water partition coefficient (Wildman–Crippen LogP) is 3.40. The summed E-state index contributed by atoms with van der Waals surface area (Å²) in [4.78, 5) is 11.1. The Labute approximate surface area is 98.8 Å². The minimum absolute atomic E-state index is 0.202. The summed E-state index contributed by atoms with van der Waals surface area (Å²) in [7, 11) is 0. The van der Waals surface area contributed by atoms with Gasteiger partial charge in [-0.3, -0.25) is 10.1 Å². The highest BCUT2D eigenvalue weighted by molar-refractivity contribution is 7.99. The molecule has 0 unspecified atom stereocenters. The smallest absolute Gasteiger partial charge is 0.258 e. The van der Waals surface area contributed by atoms with Crippen molar-refractivity contribution in [1.82, 2.24) is 0 Å². The van der Waals surface area contributed by atoms with E-state index in [0.717, 1.165) is 29.2 Å². The third kappa shape index (κ3) is 4.13. The van der Waals surface area contributed by atoms with Crippen molar-refractivity contribution in [2.75, 3.05) is 11.5 Å². The first-order valence-electron chi connectivity index (χ1n) is 4.73. The van der Waals surface area contributed by atoms with Gasteiger partial charge in [0.1, 0.15) is 0 Å². The van der Waals surface area contributed by atoms with E-state index >= 15 is 0 Å². The van der Waals surface area contributed by atoms with E-state index in [0.29, 0.717) is 0 Å². The lowest BCUT2D eigenvalue weighted by atomic mass is 10.3. The number of unbranched alkanes of at least 4 members (excludes halogenated alkanes) is 1. The van der Waals surface area contributed by atoms with Crippen LogP contribution < -0.4 is 0 Å². The van der Waals surface area contributed by atoms with Crippen molar-refractivity contribution < 1.29 is 4.92 Å². The lowest BCUT2D eigenvalue weighted by molar-refractivity contribution is -0.387. The number of benzene rings is 1. The lowest BCUT2D eigenvalue weighted by Crippen LogP contribution is -1.91. The van der Waals surface area contributed by atoms with E-state index in [-0.39, 0.29) is 10.6 Å². The number of hydrogen-bond donors (Lipinski definition) is 1. The molecule has 1 aromatic carbocycles. The highest BCUT2D eigenvalue weighted by Gasteiger charge is 2.11. The second-order valence-corrected chi connectivity index (χ2v) is 4.59. The van der Waals surface area contributed by atoms with Crippen LogP contribution in [-0.2, 0) is 0 Å². The summed E-state index contributed by atoms with van der Waals surface area (Å²) in [6.07, 6.45) is 2.09. The van der Waals surface area contributed by atoms with Crippen LogP contribution in [0.3, 0.4) is 0 Å². The molecule has 0 amide bonds. The highest BCUT2D eigenvalue weighted by Crippen LogP contribution is 2.29. The monoisotopic (exact) mass is 243 g/mol. The molecule has 0 aliphatic rings. The van der Waals surface area contributed by atoms with Gasteiger partial charge in [-0.15, -0.1) is 11.8 Å². The fourth-order valence-electron chi connectivity index (χ4n) is 1.13. The van der Waals surface area contributed by atoms with Crippen molar-refractivity contribution in [3.8, 4) is 0 Å². The SMILES string of the molecule is O=[N+]([O-])c1ccccc1SCCCCS. The number of nitrogens with zero attached hydrogens (tertiary/aromatic N) is 1.